The van der Waals surface area contributed by atoms with Crippen LogP contribution in [0.1, 0.15) is 6.42 Å². The van der Waals surface area contributed by atoms with Gasteiger partial charge >= 0.3 is 17.6 Å². The molecule has 0 saturated heterocycles. The Morgan fingerprint density at radius 1 is 1.38 bits per heavy atom. The van der Waals surface area contributed by atoms with Gasteiger partial charge in [-0.25, -0.2) is 0 Å². The Morgan fingerprint density at radius 3 is 2.00 bits per heavy atom. The molecule has 0 amide bonds. The van der Waals surface area contributed by atoms with E-state index in [4.69, 9.17) is 5.73 Å². The summed E-state index contributed by atoms with van der Waals surface area (Å²) in [6, 6.07) is 0. The van der Waals surface area contributed by atoms with Gasteiger partial charge in [0.2, 0.25) is 0 Å². The van der Waals surface area contributed by atoms with Crippen molar-refractivity contribution in [2.24, 2.45) is 5.73 Å². The topological polar surface area (TPSA) is 29.3 Å². The molecule has 0 atom stereocenters. The van der Waals surface area contributed by atoms with Gasteiger partial charge in [-0.3, -0.25) is 0 Å². The third kappa shape index (κ3) is 9.68. The second-order valence-electron chi connectivity index (χ2n) is 1.95. The van der Waals surface area contributed by atoms with E-state index in [0.717, 1.165) is 19.5 Å². The zero-order chi connectivity index (χ0) is 5.70. The maximum absolute atomic E-state index is 5.25. The summed E-state index contributed by atoms with van der Waals surface area (Å²) in [5, 5.41) is 0. The van der Waals surface area contributed by atoms with E-state index in [1.54, 1.807) is 0 Å². The van der Waals surface area contributed by atoms with Crippen molar-refractivity contribution in [2.45, 2.75) is 6.42 Å². The molecule has 0 aromatic heterocycles. The minimum absolute atomic E-state index is 0. The van der Waals surface area contributed by atoms with Gasteiger partial charge < -0.3 is 10.6 Å². The molecule has 0 aliphatic heterocycles. The van der Waals surface area contributed by atoms with Gasteiger partial charge in [0.15, 0.2) is 0 Å². The van der Waals surface area contributed by atoms with Crippen LogP contribution in [-0.4, -0.2) is 49.7 Å². The first-order valence-corrected chi connectivity index (χ1v) is 2.62. The van der Waals surface area contributed by atoms with Crippen LogP contribution >= 0.6 is 0 Å². The average molecular weight is 179 g/mol. The van der Waals surface area contributed by atoms with Crippen LogP contribution in [0, 0.1) is 0 Å². The fourth-order valence-corrected chi connectivity index (χ4v) is 0.408. The molecule has 2 nitrogen and oxygen atoms in total. The van der Waals surface area contributed by atoms with Crippen molar-refractivity contribution >= 4 is 17.6 Å². The first-order chi connectivity index (χ1) is 3.27. The molecule has 52 valence electrons. The van der Waals surface area contributed by atoms with E-state index in [1.807, 2.05) is 0 Å². The molecule has 0 fully saturated rings. The van der Waals surface area contributed by atoms with Crippen molar-refractivity contribution in [3.8, 4) is 0 Å². The fourth-order valence-electron chi connectivity index (χ4n) is 0.408. The van der Waals surface area contributed by atoms with Crippen LogP contribution in [-0.2, 0) is 0 Å². The van der Waals surface area contributed by atoms with Crippen LogP contribution in [0.25, 0.3) is 0 Å². The van der Waals surface area contributed by atoms with Gasteiger partial charge in [-0.05, 0) is 33.6 Å². The van der Waals surface area contributed by atoms with E-state index >= 15 is 0 Å². The molecule has 0 unspecified atom stereocenters. The van der Waals surface area contributed by atoms with Crippen molar-refractivity contribution < 1.29 is 0 Å². The monoisotopic (exact) mass is 180 g/mol. The Labute approximate surface area is 62.4 Å². The van der Waals surface area contributed by atoms with E-state index in [2.05, 4.69) is 19.0 Å². The quantitative estimate of drug-likeness (QED) is 0.531. The van der Waals surface area contributed by atoms with E-state index in [-0.39, 0.29) is 17.6 Å². The SMILES string of the molecule is CN(C)CCCN.[GeH4]. The Bertz CT molecular complexity index is 39.4. The van der Waals surface area contributed by atoms with Gasteiger partial charge in [-0.1, -0.05) is 0 Å². The zero-order valence-corrected chi connectivity index (χ0v) is 5.15. The summed E-state index contributed by atoms with van der Waals surface area (Å²) in [6.45, 7) is 1.91. The molecular weight excluding hydrogens is 161 g/mol. The Kier molecular flexibility index (Phi) is 10.5. The number of hydrogen-bond donors (Lipinski definition) is 1. The van der Waals surface area contributed by atoms with E-state index in [9.17, 15) is 0 Å². The van der Waals surface area contributed by atoms with Crippen LogP contribution in [0.2, 0.25) is 0 Å². The minimum atomic E-state index is 0. The Morgan fingerprint density at radius 2 is 1.88 bits per heavy atom. The van der Waals surface area contributed by atoms with Gasteiger partial charge in [-0.2, -0.15) is 0 Å². The standard InChI is InChI=1S/C5H14N2.GeH4/c1-7(2)5-3-4-6;/h3-6H2,1-2H3;1H4. The maximum atomic E-state index is 5.25. The van der Waals surface area contributed by atoms with Gasteiger partial charge in [0.1, 0.15) is 0 Å². The molecule has 0 aliphatic rings. The summed E-state index contributed by atoms with van der Waals surface area (Å²) in [4.78, 5) is 2.13. The predicted octanol–water partition coefficient (Wildman–Crippen LogP) is -1.55. The normalized spacial score (nSPS) is 9.00. The summed E-state index contributed by atoms with van der Waals surface area (Å²) >= 11 is 0. The Balaban J connectivity index is 0. The van der Waals surface area contributed by atoms with Crippen molar-refractivity contribution in [1.82, 2.24) is 4.90 Å². The summed E-state index contributed by atoms with van der Waals surface area (Å²) in [7, 11) is 4.10. The molecule has 2 N–H and O–H groups in total. The van der Waals surface area contributed by atoms with Gasteiger partial charge in [0.05, 0.1) is 0 Å². The molecule has 0 rings (SSSR count). The molecule has 0 bridgehead atoms. The molecular formula is C5H18GeN2. The van der Waals surface area contributed by atoms with Crippen molar-refractivity contribution in [3.63, 3.8) is 0 Å². The third-order valence-corrected chi connectivity index (χ3v) is 0.809. The van der Waals surface area contributed by atoms with Crippen LogP contribution in [0.5, 0.6) is 0 Å². The van der Waals surface area contributed by atoms with Gasteiger partial charge in [0, 0.05) is 0 Å². The summed E-state index contributed by atoms with van der Waals surface area (Å²) in [5.41, 5.74) is 5.25. The molecule has 0 saturated carbocycles. The molecule has 8 heavy (non-hydrogen) atoms. The van der Waals surface area contributed by atoms with Crippen LogP contribution in [0.3, 0.4) is 0 Å². The van der Waals surface area contributed by atoms with Crippen molar-refractivity contribution in [1.29, 1.82) is 0 Å². The van der Waals surface area contributed by atoms with Crippen LogP contribution < -0.4 is 5.73 Å². The molecule has 0 aromatic rings. The molecule has 0 spiro atoms. The Hall–Kier alpha value is 0.463. The fraction of sp³-hybridized carbons (Fsp3) is 1.00. The second-order valence-corrected chi connectivity index (χ2v) is 1.95. The van der Waals surface area contributed by atoms with E-state index in [0.29, 0.717) is 0 Å². The predicted molar refractivity (Wildman–Crippen MR) is 43.6 cm³/mol. The van der Waals surface area contributed by atoms with Gasteiger partial charge in [-0.15, -0.1) is 0 Å². The number of rotatable bonds is 3. The third-order valence-electron chi connectivity index (χ3n) is 0.809. The van der Waals surface area contributed by atoms with Crippen LogP contribution in [0.15, 0.2) is 0 Å². The number of nitrogens with zero attached hydrogens (tertiary/aromatic N) is 1. The van der Waals surface area contributed by atoms with Crippen LogP contribution in [0.4, 0.5) is 0 Å². The first kappa shape index (κ1) is 11.3. The van der Waals surface area contributed by atoms with E-state index in [1.165, 1.54) is 0 Å². The summed E-state index contributed by atoms with van der Waals surface area (Å²) < 4.78 is 0. The number of nitrogens with two attached hydrogens (primary N) is 1. The molecule has 0 aliphatic carbocycles. The van der Waals surface area contributed by atoms with E-state index < -0.39 is 0 Å². The molecule has 0 heterocycles. The average Bonchev–Trinajstić information content (AvgIpc) is 1.61. The molecule has 3 heteroatoms. The second kappa shape index (κ2) is 7.46. The van der Waals surface area contributed by atoms with Gasteiger partial charge in [0.25, 0.3) is 0 Å². The molecule has 0 radical (unpaired) electrons. The zero-order valence-electron chi connectivity index (χ0n) is 5.15. The van der Waals surface area contributed by atoms with Crippen molar-refractivity contribution in [2.75, 3.05) is 27.2 Å². The summed E-state index contributed by atoms with van der Waals surface area (Å²) in [5.74, 6) is 0. The molecule has 0 aromatic carbocycles. The number of hydrogen-bond acceptors (Lipinski definition) is 2. The first-order valence-electron chi connectivity index (χ1n) is 2.62. The summed E-state index contributed by atoms with van der Waals surface area (Å²) in [6.07, 6.45) is 1.10. The van der Waals surface area contributed by atoms with Crippen molar-refractivity contribution in [3.05, 3.63) is 0 Å².